The number of aromatic nitrogens is 3. The van der Waals surface area contributed by atoms with Crippen LogP contribution in [0.2, 0.25) is 0 Å². The molecule has 2 aromatic rings. The lowest BCUT2D eigenvalue weighted by Gasteiger charge is -1.97. The van der Waals surface area contributed by atoms with E-state index in [1.165, 1.54) is 11.3 Å². The highest BCUT2D eigenvalue weighted by Crippen LogP contribution is 2.17. The molecule has 14 heavy (non-hydrogen) atoms. The molecule has 0 radical (unpaired) electrons. The minimum Gasteiger partial charge on any atom is -0.306 e. The normalized spacial score (nSPS) is 10.4. The number of aromatic amines is 1. The molecule has 0 bridgehead atoms. The fraction of sp³-hybridized carbons (Fsp3) is 0.125. The average Bonchev–Trinajstić information content (AvgIpc) is 2.70. The molecule has 0 spiro atoms. The van der Waals surface area contributed by atoms with Crippen molar-refractivity contribution in [3.63, 3.8) is 0 Å². The lowest BCUT2D eigenvalue weighted by molar-refractivity contribution is 1.08. The number of nitrogens with one attached hydrogen (secondary N) is 1. The van der Waals surface area contributed by atoms with Gasteiger partial charge in [0, 0.05) is 23.3 Å². The Morgan fingerprint density at radius 1 is 1.50 bits per heavy atom. The van der Waals surface area contributed by atoms with Crippen LogP contribution < -0.4 is 5.56 Å². The quantitative estimate of drug-likeness (QED) is 0.848. The number of alkyl halides is 1. The van der Waals surface area contributed by atoms with Crippen molar-refractivity contribution in [3.05, 3.63) is 33.8 Å². The zero-order chi connectivity index (χ0) is 9.97. The lowest BCUT2D eigenvalue weighted by Crippen LogP contribution is -2.12. The topological polar surface area (TPSA) is 58.6 Å². The van der Waals surface area contributed by atoms with Crippen LogP contribution in [0.5, 0.6) is 0 Å². The Morgan fingerprint density at radius 3 is 2.93 bits per heavy atom. The van der Waals surface area contributed by atoms with Crippen molar-refractivity contribution in [2.45, 2.75) is 5.33 Å². The fourth-order valence-electron chi connectivity index (χ4n) is 0.974. The molecule has 2 rings (SSSR count). The second-order valence-corrected chi connectivity index (χ2v) is 4.03. The molecule has 0 aliphatic heterocycles. The van der Waals surface area contributed by atoms with E-state index in [1.54, 1.807) is 17.9 Å². The van der Waals surface area contributed by atoms with Crippen LogP contribution in [0.25, 0.3) is 10.7 Å². The van der Waals surface area contributed by atoms with Crippen molar-refractivity contribution in [3.8, 4) is 10.7 Å². The number of H-pyrrole nitrogens is 1. The Hall–Kier alpha value is -1.01. The molecule has 2 heterocycles. The van der Waals surface area contributed by atoms with Crippen LogP contribution in [-0.2, 0) is 5.33 Å². The molecule has 72 valence electrons. The van der Waals surface area contributed by atoms with E-state index in [0.717, 1.165) is 4.88 Å². The van der Waals surface area contributed by atoms with E-state index in [1.807, 2.05) is 0 Å². The summed E-state index contributed by atoms with van der Waals surface area (Å²) in [5.74, 6) is 0.571. The van der Waals surface area contributed by atoms with Crippen LogP contribution in [0.15, 0.2) is 22.7 Å². The third kappa shape index (κ3) is 1.76. The molecule has 4 nitrogen and oxygen atoms in total. The molecule has 0 amide bonds. The molecular formula is C8H6BrN3OS. The third-order valence-corrected chi connectivity index (χ3v) is 3.07. The van der Waals surface area contributed by atoms with Crippen molar-refractivity contribution in [2.75, 3.05) is 0 Å². The van der Waals surface area contributed by atoms with Crippen LogP contribution in [0.3, 0.4) is 0 Å². The Morgan fingerprint density at radius 2 is 2.36 bits per heavy atom. The average molecular weight is 272 g/mol. The van der Waals surface area contributed by atoms with Crippen molar-refractivity contribution in [1.82, 2.24) is 15.0 Å². The van der Waals surface area contributed by atoms with Gasteiger partial charge in [-0.25, -0.2) is 4.98 Å². The number of hydrogen-bond acceptors (Lipinski definition) is 4. The molecule has 0 saturated carbocycles. The van der Waals surface area contributed by atoms with E-state index >= 15 is 0 Å². The molecule has 0 unspecified atom stereocenters. The molecule has 0 atom stereocenters. The summed E-state index contributed by atoms with van der Waals surface area (Å²) in [6, 6.07) is 0. The van der Waals surface area contributed by atoms with Crippen LogP contribution >= 0.6 is 27.3 Å². The summed E-state index contributed by atoms with van der Waals surface area (Å²) in [5, 5.41) is 0.512. The van der Waals surface area contributed by atoms with Gasteiger partial charge in [-0.3, -0.25) is 9.78 Å². The highest BCUT2D eigenvalue weighted by atomic mass is 79.9. The SMILES string of the molecule is O=c1[nH]c(-c2cncs2)ncc1CBr. The molecule has 0 saturated heterocycles. The Labute approximate surface area is 92.2 Å². The Bertz CT molecular complexity index is 480. The van der Waals surface area contributed by atoms with Gasteiger partial charge in [0.05, 0.1) is 10.4 Å². The van der Waals surface area contributed by atoms with Crippen LogP contribution in [0.4, 0.5) is 0 Å². The lowest BCUT2D eigenvalue weighted by atomic mass is 10.4. The third-order valence-electron chi connectivity index (χ3n) is 1.68. The summed E-state index contributed by atoms with van der Waals surface area (Å²) in [6.45, 7) is 0. The highest BCUT2D eigenvalue weighted by molar-refractivity contribution is 9.08. The van der Waals surface area contributed by atoms with Gasteiger partial charge < -0.3 is 4.98 Å². The van der Waals surface area contributed by atoms with Gasteiger partial charge in [0.25, 0.3) is 5.56 Å². The maximum Gasteiger partial charge on any atom is 0.255 e. The number of halogens is 1. The zero-order valence-corrected chi connectivity index (χ0v) is 9.43. The van der Waals surface area contributed by atoms with Gasteiger partial charge in [-0.1, -0.05) is 15.9 Å². The first kappa shape index (κ1) is 9.54. The van der Waals surface area contributed by atoms with Gasteiger partial charge in [0.2, 0.25) is 0 Å². The maximum absolute atomic E-state index is 11.4. The van der Waals surface area contributed by atoms with Gasteiger partial charge in [0.1, 0.15) is 0 Å². The monoisotopic (exact) mass is 271 g/mol. The minimum atomic E-state index is -0.111. The summed E-state index contributed by atoms with van der Waals surface area (Å²) in [7, 11) is 0. The van der Waals surface area contributed by atoms with E-state index in [9.17, 15) is 4.79 Å². The Balaban J connectivity index is 2.48. The number of hydrogen-bond donors (Lipinski definition) is 1. The first-order valence-electron chi connectivity index (χ1n) is 3.84. The zero-order valence-electron chi connectivity index (χ0n) is 7.03. The van der Waals surface area contributed by atoms with E-state index in [-0.39, 0.29) is 5.56 Å². The van der Waals surface area contributed by atoms with Gasteiger partial charge in [-0.2, -0.15) is 0 Å². The summed E-state index contributed by atoms with van der Waals surface area (Å²) >= 11 is 4.65. The van der Waals surface area contributed by atoms with E-state index < -0.39 is 0 Å². The van der Waals surface area contributed by atoms with E-state index in [0.29, 0.717) is 16.7 Å². The van der Waals surface area contributed by atoms with Gasteiger partial charge in [0.15, 0.2) is 5.82 Å². The number of nitrogens with zero attached hydrogens (tertiary/aromatic N) is 2. The molecule has 0 aromatic carbocycles. The molecule has 0 aliphatic rings. The maximum atomic E-state index is 11.4. The summed E-state index contributed by atoms with van der Waals surface area (Å²) in [5.41, 5.74) is 2.21. The van der Waals surface area contributed by atoms with Crippen LogP contribution in [0, 0.1) is 0 Å². The molecule has 0 aliphatic carbocycles. The predicted octanol–water partition coefficient (Wildman–Crippen LogP) is 1.79. The summed E-state index contributed by atoms with van der Waals surface area (Å²) in [6.07, 6.45) is 3.25. The number of thiazole rings is 1. The van der Waals surface area contributed by atoms with Crippen molar-refractivity contribution >= 4 is 27.3 Å². The molecule has 6 heteroatoms. The van der Waals surface area contributed by atoms with E-state index in [4.69, 9.17) is 0 Å². The summed E-state index contributed by atoms with van der Waals surface area (Å²) < 4.78 is 0. The van der Waals surface area contributed by atoms with Crippen molar-refractivity contribution in [2.24, 2.45) is 0 Å². The minimum absolute atomic E-state index is 0.111. The first-order chi connectivity index (χ1) is 6.81. The molecule has 2 aromatic heterocycles. The largest absolute Gasteiger partial charge is 0.306 e. The fourth-order valence-corrected chi connectivity index (χ4v) is 1.95. The van der Waals surface area contributed by atoms with Gasteiger partial charge in [-0.15, -0.1) is 11.3 Å². The van der Waals surface area contributed by atoms with E-state index in [2.05, 4.69) is 30.9 Å². The van der Waals surface area contributed by atoms with Gasteiger partial charge >= 0.3 is 0 Å². The van der Waals surface area contributed by atoms with Crippen LogP contribution in [0.1, 0.15) is 5.56 Å². The highest BCUT2D eigenvalue weighted by Gasteiger charge is 2.04. The molecular weight excluding hydrogens is 266 g/mol. The Kier molecular flexibility index (Phi) is 2.74. The van der Waals surface area contributed by atoms with Crippen molar-refractivity contribution < 1.29 is 0 Å². The second kappa shape index (κ2) is 4.02. The molecule has 1 N–H and O–H groups in total. The second-order valence-electron chi connectivity index (χ2n) is 2.59. The number of rotatable bonds is 2. The van der Waals surface area contributed by atoms with Gasteiger partial charge in [-0.05, 0) is 0 Å². The smallest absolute Gasteiger partial charge is 0.255 e. The van der Waals surface area contributed by atoms with Crippen LogP contribution in [-0.4, -0.2) is 15.0 Å². The standard InChI is InChI=1S/C8H6BrN3OS/c9-1-5-2-11-7(12-8(5)13)6-3-10-4-14-6/h2-4H,1H2,(H,11,12,13). The predicted molar refractivity (Wildman–Crippen MR) is 58.6 cm³/mol. The molecule has 0 fully saturated rings. The van der Waals surface area contributed by atoms with Crippen molar-refractivity contribution in [1.29, 1.82) is 0 Å². The summed E-state index contributed by atoms with van der Waals surface area (Å²) in [4.78, 5) is 23.0. The first-order valence-corrected chi connectivity index (χ1v) is 5.84.